The van der Waals surface area contributed by atoms with Crippen LogP contribution in [-0.4, -0.2) is 5.91 Å². The molecular weight excluding hydrogens is 428 g/mol. The zero-order valence-corrected chi connectivity index (χ0v) is 13.6. The van der Waals surface area contributed by atoms with E-state index in [0.717, 1.165) is 8.04 Å². The van der Waals surface area contributed by atoms with Gasteiger partial charge in [0.05, 0.1) is 5.02 Å². The minimum Gasteiger partial charge on any atom is -0.322 e. The van der Waals surface area contributed by atoms with E-state index >= 15 is 0 Å². The molecule has 2 aromatic rings. The monoisotopic (exact) mass is 435 g/mol. The fourth-order valence-corrected chi connectivity index (χ4v) is 2.38. The molecule has 0 spiro atoms. The summed E-state index contributed by atoms with van der Waals surface area (Å²) in [6.07, 6.45) is 0. The Labute approximate surface area is 132 Å². The first-order valence-electron chi connectivity index (χ1n) is 5.08. The van der Waals surface area contributed by atoms with Crippen molar-refractivity contribution in [2.45, 2.75) is 0 Å². The molecule has 0 saturated heterocycles. The summed E-state index contributed by atoms with van der Waals surface area (Å²) in [7, 11) is 0. The van der Waals surface area contributed by atoms with E-state index < -0.39 is 0 Å². The predicted molar refractivity (Wildman–Crippen MR) is 86.3 cm³/mol. The lowest BCUT2D eigenvalue weighted by molar-refractivity contribution is 0.102. The van der Waals surface area contributed by atoms with E-state index in [9.17, 15) is 4.79 Å². The number of halogens is 3. The third-order valence-electron chi connectivity index (χ3n) is 2.26. The second-order valence-corrected chi connectivity index (χ2v) is 6.10. The minimum atomic E-state index is -0.146. The number of hydrogen-bond acceptors (Lipinski definition) is 1. The molecule has 0 aliphatic heterocycles. The van der Waals surface area contributed by atoms with Gasteiger partial charge >= 0.3 is 0 Å². The van der Waals surface area contributed by atoms with Gasteiger partial charge in [-0.1, -0.05) is 17.7 Å². The molecule has 0 saturated carbocycles. The van der Waals surface area contributed by atoms with Gasteiger partial charge in [0.1, 0.15) is 0 Å². The highest BCUT2D eigenvalue weighted by Crippen LogP contribution is 2.25. The summed E-state index contributed by atoms with van der Waals surface area (Å²) in [5.41, 5.74) is 1.30. The first-order chi connectivity index (χ1) is 8.56. The van der Waals surface area contributed by atoms with E-state index in [1.165, 1.54) is 0 Å². The number of rotatable bonds is 2. The van der Waals surface area contributed by atoms with Gasteiger partial charge < -0.3 is 5.32 Å². The van der Waals surface area contributed by atoms with Gasteiger partial charge in [0.2, 0.25) is 0 Å². The Morgan fingerprint density at radius 1 is 1.22 bits per heavy atom. The van der Waals surface area contributed by atoms with Crippen molar-refractivity contribution in [3.63, 3.8) is 0 Å². The van der Waals surface area contributed by atoms with Gasteiger partial charge in [-0.15, -0.1) is 0 Å². The molecule has 0 unspecified atom stereocenters. The van der Waals surface area contributed by atoms with E-state index in [2.05, 4.69) is 43.8 Å². The third-order valence-corrected chi connectivity index (χ3v) is 4.17. The molecular formula is C13H8BrClINO. The van der Waals surface area contributed by atoms with Crippen LogP contribution in [0.4, 0.5) is 5.69 Å². The number of nitrogens with one attached hydrogen (secondary N) is 1. The molecule has 0 aliphatic carbocycles. The number of carbonyl (C=O) groups is 1. The molecule has 0 aromatic heterocycles. The molecule has 0 fully saturated rings. The summed E-state index contributed by atoms with van der Waals surface area (Å²) in [5, 5.41) is 3.37. The van der Waals surface area contributed by atoms with Gasteiger partial charge in [0.15, 0.2) is 0 Å². The maximum absolute atomic E-state index is 12.0. The molecule has 0 heterocycles. The highest BCUT2D eigenvalue weighted by Gasteiger charge is 2.07. The fourth-order valence-electron chi connectivity index (χ4n) is 1.41. The van der Waals surface area contributed by atoms with Crippen LogP contribution in [0.3, 0.4) is 0 Å². The molecule has 0 aliphatic rings. The maximum Gasteiger partial charge on any atom is 0.255 e. The van der Waals surface area contributed by atoms with Crippen LogP contribution < -0.4 is 5.32 Å². The van der Waals surface area contributed by atoms with Gasteiger partial charge in [-0.05, 0) is 74.9 Å². The minimum absolute atomic E-state index is 0.146. The van der Waals surface area contributed by atoms with Gasteiger partial charge in [-0.3, -0.25) is 4.79 Å². The lowest BCUT2D eigenvalue weighted by Crippen LogP contribution is -2.11. The molecule has 0 atom stereocenters. The summed E-state index contributed by atoms with van der Waals surface area (Å²) in [4.78, 5) is 12.0. The first kappa shape index (κ1) is 13.8. The number of anilines is 1. The van der Waals surface area contributed by atoms with Crippen LogP contribution in [0.5, 0.6) is 0 Å². The normalized spacial score (nSPS) is 10.2. The van der Waals surface area contributed by atoms with Crippen molar-refractivity contribution in [2.75, 3.05) is 5.32 Å². The number of hydrogen-bond donors (Lipinski definition) is 1. The zero-order valence-electron chi connectivity index (χ0n) is 9.08. The van der Waals surface area contributed by atoms with Gasteiger partial charge in [0.25, 0.3) is 5.91 Å². The van der Waals surface area contributed by atoms with Gasteiger partial charge in [0, 0.05) is 19.3 Å². The molecule has 2 nitrogen and oxygen atoms in total. The molecule has 2 aromatic carbocycles. The molecule has 1 N–H and O–H groups in total. The van der Waals surface area contributed by atoms with Crippen LogP contribution in [0.1, 0.15) is 10.4 Å². The van der Waals surface area contributed by atoms with Crippen molar-refractivity contribution in [3.05, 3.63) is 61.1 Å². The van der Waals surface area contributed by atoms with E-state index in [0.29, 0.717) is 16.3 Å². The highest BCUT2D eigenvalue weighted by molar-refractivity contribution is 14.1. The Bertz CT molecular complexity index is 603. The SMILES string of the molecule is O=C(Nc1ccc(Br)c(Cl)c1)c1cccc(I)c1. The predicted octanol–water partition coefficient (Wildman–Crippen LogP) is 4.96. The van der Waals surface area contributed by atoms with Crippen molar-refractivity contribution in [3.8, 4) is 0 Å². The lowest BCUT2D eigenvalue weighted by atomic mass is 10.2. The molecule has 2 rings (SSSR count). The van der Waals surface area contributed by atoms with Crippen LogP contribution in [0.15, 0.2) is 46.9 Å². The molecule has 0 radical (unpaired) electrons. The number of carbonyl (C=O) groups excluding carboxylic acids is 1. The van der Waals surface area contributed by atoms with Crippen molar-refractivity contribution in [1.29, 1.82) is 0 Å². The molecule has 0 bridgehead atoms. The maximum atomic E-state index is 12.0. The topological polar surface area (TPSA) is 29.1 Å². The van der Waals surface area contributed by atoms with E-state index in [4.69, 9.17) is 11.6 Å². The largest absolute Gasteiger partial charge is 0.322 e. The van der Waals surface area contributed by atoms with Crippen LogP contribution in [0, 0.1) is 3.57 Å². The Kier molecular flexibility index (Phi) is 4.64. The van der Waals surface area contributed by atoms with Crippen molar-refractivity contribution in [1.82, 2.24) is 0 Å². The average Bonchev–Trinajstić information content (AvgIpc) is 2.34. The Balaban J connectivity index is 2.18. The number of amides is 1. The van der Waals surface area contributed by atoms with Crippen molar-refractivity contribution in [2.24, 2.45) is 0 Å². The molecule has 18 heavy (non-hydrogen) atoms. The fraction of sp³-hybridized carbons (Fsp3) is 0. The zero-order chi connectivity index (χ0) is 13.1. The Morgan fingerprint density at radius 2 is 2.00 bits per heavy atom. The van der Waals surface area contributed by atoms with Crippen LogP contribution in [-0.2, 0) is 0 Å². The smallest absolute Gasteiger partial charge is 0.255 e. The second-order valence-electron chi connectivity index (χ2n) is 3.59. The highest BCUT2D eigenvalue weighted by atomic mass is 127. The van der Waals surface area contributed by atoms with Crippen molar-refractivity contribution >= 4 is 61.7 Å². The third kappa shape index (κ3) is 3.46. The summed E-state index contributed by atoms with van der Waals surface area (Å²) < 4.78 is 1.82. The van der Waals surface area contributed by atoms with Crippen molar-refractivity contribution < 1.29 is 4.79 Å². The Morgan fingerprint density at radius 3 is 2.67 bits per heavy atom. The van der Waals surface area contributed by atoms with E-state index in [1.54, 1.807) is 24.3 Å². The lowest BCUT2D eigenvalue weighted by Gasteiger charge is -2.06. The van der Waals surface area contributed by atoms with Crippen LogP contribution >= 0.6 is 50.1 Å². The van der Waals surface area contributed by atoms with Gasteiger partial charge in [-0.25, -0.2) is 0 Å². The standard InChI is InChI=1S/C13H8BrClINO/c14-11-5-4-10(7-12(11)15)17-13(18)8-2-1-3-9(16)6-8/h1-7H,(H,17,18). The number of benzene rings is 2. The summed E-state index contributed by atoms with van der Waals surface area (Å²) in [6.45, 7) is 0. The second kappa shape index (κ2) is 6.04. The quantitative estimate of drug-likeness (QED) is 0.663. The Hall–Kier alpha value is -0.590. The summed E-state index contributed by atoms with van der Waals surface area (Å²) in [5.74, 6) is -0.146. The van der Waals surface area contributed by atoms with Crippen LogP contribution in [0.2, 0.25) is 5.02 Å². The molecule has 1 amide bonds. The van der Waals surface area contributed by atoms with E-state index in [1.807, 2.05) is 18.2 Å². The van der Waals surface area contributed by atoms with E-state index in [-0.39, 0.29) is 5.91 Å². The first-order valence-corrected chi connectivity index (χ1v) is 7.33. The summed E-state index contributed by atoms with van der Waals surface area (Å²) in [6, 6.07) is 12.7. The average molecular weight is 436 g/mol. The molecule has 5 heteroatoms. The van der Waals surface area contributed by atoms with Crippen LogP contribution in [0.25, 0.3) is 0 Å². The summed E-state index contributed by atoms with van der Waals surface area (Å²) >= 11 is 11.4. The van der Waals surface area contributed by atoms with Gasteiger partial charge in [-0.2, -0.15) is 0 Å². The molecule has 92 valence electrons.